The number of nitrogens with one attached hydrogen (secondary N) is 1. The van der Waals surface area contributed by atoms with Crippen molar-refractivity contribution >= 4 is 15.9 Å². The molecule has 0 atom stereocenters. The van der Waals surface area contributed by atoms with E-state index in [1.807, 2.05) is 6.07 Å². The molecule has 0 fully saturated rings. The molecule has 0 heterocycles. The molecule has 0 saturated carbocycles. The van der Waals surface area contributed by atoms with Gasteiger partial charge in [-0.1, -0.05) is 48.0 Å². The highest BCUT2D eigenvalue weighted by Crippen LogP contribution is 2.14. The lowest BCUT2D eigenvalue weighted by Crippen LogP contribution is -2.31. The summed E-state index contributed by atoms with van der Waals surface area (Å²) >= 11 is 3.55. The van der Waals surface area contributed by atoms with Gasteiger partial charge in [0.05, 0.1) is 0 Å². The minimum atomic E-state index is 0.933. The third-order valence-electron chi connectivity index (χ3n) is 2.77. The minimum Gasteiger partial charge on any atom is -0.311 e. The highest BCUT2D eigenvalue weighted by molar-refractivity contribution is 9.10. The monoisotopic (exact) mass is 284 g/mol. The number of halogens is 1. The summed E-state index contributed by atoms with van der Waals surface area (Å²) in [7, 11) is 0. The first-order valence-corrected chi connectivity index (χ1v) is 6.73. The van der Waals surface area contributed by atoms with Crippen LogP contribution < -0.4 is 5.32 Å². The van der Waals surface area contributed by atoms with E-state index in [0.29, 0.717) is 0 Å². The SMILES string of the molecule is CCN(CC)CCNCc1ccccc1Br. The Morgan fingerprint density at radius 2 is 1.88 bits per heavy atom. The van der Waals surface area contributed by atoms with Crippen LogP contribution in [0.5, 0.6) is 0 Å². The summed E-state index contributed by atoms with van der Waals surface area (Å²) in [6, 6.07) is 8.35. The maximum atomic E-state index is 3.55. The highest BCUT2D eigenvalue weighted by Gasteiger charge is 1.99. The molecule has 0 aliphatic rings. The van der Waals surface area contributed by atoms with Gasteiger partial charge in [0, 0.05) is 24.1 Å². The molecule has 0 spiro atoms. The molecular weight excluding hydrogens is 264 g/mol. The number of hydrogen-bond donors (Lipinski definition) is 1. The number of likely N-dealkylation sites (N-methyl/N-ethyl adjacent to an activating group) is 1. The van der Waals surface area contributed by atoms with Crippen molar-refractivity contribution in [3.63, 3.8) is 0 Å². The first-order valence-electron chi connectivity index (χ1n) is 5.94. The molecule has 1 aromatic carbocycles. The maximum absolute atomic E-state index is 3.55. The van der Waals surface area contributed by atoms with Crippen LogP contribution in [0.4, 0.5) is 0 Å². The van der Waals surface area contributed by atoms with Gasteiger partial charge in [0.15, 0.2) is 0 Å². The second-order valence-electron chi connectivity index (χ2n) is 3.80. The zero-order valence-corrected chi connectivity index (χ0v) is 11.8. The zero-order chi connectivity index (χ0) is 11.8. The zero-order valence-electron chi connectivity index (χ0n) is 10.2. The fourth-order valence-corrected chi connectivity index (χ4v) is 2.07. The molecular formula is C13H21BrN2. The lowest BCUT2D eigenvalue weighted by molar-refractivity contribution is 0.302. The van der Waals surface area contributed by atoms with E-state index >= 15 is 0 Å². The summed E-state index contributed by atoms with van der Waals surface area (Å²) in [5, 5.41) is 3.47. The van der Waals surface area contributed by atoms with Gasteiger partial charge in [0.1, 0.15) is 0 Å². The standard InChI is InChI=1S/C13H21BrN2/c1-3-16(4-2)10-9-15-11-12-7-5-6-8-13(12)14/h5-8,15H,3-4,9-11H2,1-2H3. The molecule has 3 heteroatoms. The molecule has 0 aliphatic carbocycles. The van der Waals surface area contributed by atoms with Crippen LogP contribution >= 0.6 is 15.9 Å². The Kier molecular flexibility index (Phi) is 6.69. The highest BCUT2D eigenvalue weighted by atomic mass is 79.9. The van der Waals surface area contributed by atoms with Gasteiger partial charge in [0.25, 0.3) is 0 Å². The molecule has 0 bridgehead atoms. The Hall–Kier alpha value is -0.380. The summed E-state index contributed by atoms with van der Waals surface area (Å²) in [6.07, 6.45) is 0. The molecule has 1 rings (SSSR count). The molecule has 0 radical (unpaired) electrons. The number of hydrogen-bond acceptors (Lipinski definition) is 2. The quantitative estimate of drug-likeness (QED) is 0.775. The van der Waals surface area contributed by atoms with Crippen molar-refractivity contribution in [3.8, 4) is 0 Å². The second kappa shape index (κ2) is 7.82. The van der Waals surface area contributed by atoms with Crippen molar-refractivity contribution in [1.82, 2.24) is 10.2 Å². The molecule has 1 N–H and O–H groups in total. The van der Waals surface area contributed by atoms with Crippen molar-refractivity contribution in [3.05, 3.63) is 34.3 Å². The molecule has 0 aliphatic heterocycles. The van der Waals surface area contributed by atoms with E-state index in [0.717, 1.165) is 32.7 Å². The number of benzene rings is 1. The van der Waals surface area contributed by atoms with Crippen LogP contribution in [0.25, 0.3) is 0 Å². The van der Waals surface area contributed by atoms with Gasteiger partial charge in [-0.3, -0.25) is 0 Å². The normalized spacial score (nSPS) is 11.0. The van der Waals surface area contributed by atoms with Gasteiger partial charge in [-0.25, -0.2) is 0 Å². The van der Waals surface area contributed by atoms with Crippen molar-refractivity contribution in [1.29, 1.82) is 0 Å². The summed E-state index contributed by atoms with van der Waals surface area (Å²) in [5.74, 6) is 0. The van der Waals surface area contributed by atoms with Crippen LogP contribution in [0.2, 0.25) is 0 Å². The van der Waals surface area contributed by atoms with Crippen molar-refractivity contribution in [2.75, 3.05) is 26.2 Å². The molecule has 0 amide bonds. The molecule has 0 saturated heterocycles. The maximum Gasteiger partial charge on any atom is 0.0220 e. The Morgan fingerprint density at radius 3 is 2.50 bits per heavy atom. The second-order valence-corrected chi connectivity index (χ2v) is 4.65. The Morgan fingerprint density at radius 1 is 1.19 bits per heavy atom. The van der Waals surface area contributed by atoms with Gasteiger partial charge in [-0.05, 0) is 24.7 Å². The summed E-state index contributed by atoms with van der Waals surface area (Å²) < 4.78 is 1.19. The van der Waals surface area contributed by atoms with Gasteiger partial charge in [-0.15, -0.1) is 0 Å². The Bertz CT molecular complexity index is 298. The van der Waals surface area contributed by atoms with Crippen molar-refractivity contribution < 1.29 is 0 Å². The van der Waals surface area contributed by atoms with Crippen LogP contribution in [0.3, 0.4) is 0 Å². The number of rotatable bonds is 7. The predicted molar refractivity (Wildman–Crippen MR) is 73.6 cm³/mol. The third kappa shape index (κ3) is 4.64. The third-order valence-corrected chi connectivity index (χ3v) is 3.55. The summed E-state index contributed by atoms with van der Waals surface area (Å²) in [6.45, 7) is 9.78. The van der Waals surface area contributed by atoms with E-state index in [9.17, 15) is 0 Å². The summed E-state index contributed by atoms with van der Waals surface area (Å²) in [5.41, 5.74) is 1.32. The first kappa shape index (κ1) is 13.7. The van der Waals surface area contributed by atoms with Crippen molar-refractivity contribution in [2.45, 2.75) is 20.4 Å². The van der Waals surface area contributed by atoms with Crippen LogP contribution in [0, 0.1) is 0 Å². The fraction of sp³-hybridized carbons (Fsp3) is 0.538. The van der Waals surface area contributed by atoms with Crippen LogP contribution in [-0.4, -0.2) is 31.1 Å². The minimum absolute atomic E-state index is 0.933. The van der Waals surface area contributed by atoms with E-state index in [1.54, 1.807) is 0 Å². The Balaban J connectivity index is 2.23. The fourth-order valence-electron chi connectivity index (χ4n) is 1.64. The average molecular weight is 285 g/mol. The van der Waals surface area contributed by atoms with Gasteiger partial charge in [0.2, 0.25) is 0 Å². The van der Waals surface area contributed by atoms with E-state index in [4.69, 9.17) is 0 Å². The van der Waals surface area contributed by atoms with Crippen LogP contribution in [0.1, 0.15) is 19.4 Å². The molecule has 0 unspecified atom stereocenters. The molecule has 2 nitrogen and oxygen atoms in total. The van der Waals surface area contributed by atoms with Gasteiger partial charge >= 0.3 is 0 Å². The average Bonchev–Trinajstić information content (AvgIpc) is 2.31. The first-order chi connectivity index (χ1) is 7.77. The van der Waals surface area contributed by atoms with Gasteiger partial charge in [-0.2, -0.15) is 0 Å². The smallest absolute Gasteiger partial charge is 0.0220 e. The molecule has 0 aromatic heterocycles. The van der Waals surface area contributed by atoms with E-state index < -0.39 is 0 Å². The van der Waals surface area contributed by atoms with E-state index in [-0.39, 0.29) is 0 Å². The molecule has 90 valence electrons. The van der Waals surface area contributed by atoms with Crippen LogP contribution in [0.15, 0.2) is 28.7 Å². The van der Waals surface area contributed by atoms with Crippen LogP contribution in [-0.2, 0) is 6.54 Å². The predicted octanol–water partition coefficient (Wildman–Crippen LogP) is 2.88. The van der Waals surface area contributed by atoms with Crippen molar-refractivity contribution in [2.24, 2.45) is 0 Å². The van der Waals surface area contributed by atoms with E-state index in [1.165, 1.54) is 10.0 Å². The molecule has 16 heavy (non-hydrogen) atoms. The van der Waals surface area contributed by atoms with E-state index in [2.05, 4.69) is 58.2 Å². The largest absolute Gasteiger partial charge is 0.311 e. The lowest BCUT2D eigenvalue weighted by atomic mass is 10.2. The topological polar surface area (TPSA) is 15.3 Å². The lowest BCUT2D eigenvalue weighted by Gasteiger charge is -2.18. The number of nitrogens with zero attached hydrogens (tertiary/aromatic N) is 1. The molecule has 1 aromatic rings. The van der Waals surface area contributed by atoms with Gasteiger partial charge < -0.3 is 10.2 Å². The summed E-state index contributed by atoms with van der Waals surface area (Å²) in [4.78, 5) is 2.42. The Labute approximate surface area is 107 Å².